The normalized spacial score (nSPS) is 11.0. The maximum atomic E-state index is 14.8. The fraction of sp³-hybridized carbons (Fsp3) is 0.348. The molecular weight excluding hydrogens is 437 g/mol. The third-order valence-corrected chi connectivity index (χ3v) is 5.34. The van der Waals surface area contributed by atoms with E-state index in [9.17, 15) is 9.18 Å². The third kappa shape index (κ3) is 4.64. The van der Waals surface area contributed by atoms with Crippen molar-refractivity contribution in [2.75, 3.05) is 19.0 Å². The van der Waals surface area contributed by atoms with Crippen LogP contribution in [0, 0.1) is 5.82 Å². The van der Waals surface area contributed by atoms with Crippen molar-refractivity contribution in [3.8, 4) is 22.6 Å². The van der Waals surface area contributed by atoms with Crippen molar-refractivity contribution < 1.29 is 13.9 Å². The summed E-state index contributed by atoms with van der Waals surface area (Å²) in [6, 6.07) is 10.2. The van der Waals surface area contributed by atoms with Gasteiger partial charge >= 0.3 is 0 Å². The van der Waals surface area contributed by atoms with Gasteiger partial charge in [0.1, 0.15) is 17.3 Å². The van der Waals surface area contributed by atoms with Crippen LogP contribution >= 0.6 is 15.9 Å². The summed E-state index contributed by atoms with van der Waals surface area (Å²) in [7, 11) is 1.59. The van der Waals surface area contributed by atoms with Crippen molar-refractivity contribution in [1.29, 1.82) is 0 Å². The van der Waals surface area contributed by atoms with E-state index in [-0.39, 0.29) is 10.8 Å². The van der Waals surface area contributed by atoms with Crippen LogP contribution in [0.5, 0.6) is 11.5 Å². The van der Waals surface area contributed by atoms with Crippen LogP contribution in [-0.2, 0) is 6.54 Å². The highest BCUT2D eigenvalue weighted by atomic mass is 79.9. The zero-order chi connectivity index (χ0) is 20.8. The van der Waals surface area contributed by atoms with Crippen molar-refractivity contribution in [2.24, 2.45) is 0 Å². The fourth-order valence-corrected chi connectivity index (χ4v) is 3.72. The lowest BCUT2D eigenvalue weighted by Gasteiger charge is -2.17. The lowest BCUT2D eigenvalue weighted by atomic mass is 10.0. The highest BCUT2D eigenvalue weighted by molar-refractivity contribution is 9.09. The Balaban J connectivity index is 2.24. The molecule has 3 aromatic rings. The van der Waals surface area contributed by atoms with E-state index in [1.807, 2.05) is 29.8 Å². The van der Waals surface area contributed by atoms with Gasteiger partial charge in [0.05, 0.1) is 24.6 Å². The molecule has 0 saturated heterocycles. The maximum Gasteiger partial charge on any atom is 0.200 e. The van der Waals surface area contributed by atoms with E-state index < -0.39 is 5.82 Å². The Labute approximate surface area is 178 Å². The van der Waals surface area contributed by atoms with Crippen LogP contribution in [0.2, 0.25) is 0 Å². The Morgan fingerprint density at radius 3 is 2.52 bits per heavy atom. The first-order valence-corrected chi connectivity index (χ1v) is 10.9. The van der Waals surface area contributed by atoms with E-state index >= 15 is 0 Å². The minimum atomic E-state index is -0.529. The lowest BCUT2D eigenvalue weighted by molar-refractivity contribution is 0.319. The molecule has 2 aromatic carbocycles. The van der Waals surface area contributed by atoms with Crippen molar-refractivity contribution in [2.45, 2.75) is 32.7 Å². The van der Waals surface area contributed by atoms with E-state index in [2.05, 4.69) is 15.9 Å². The number of nitrogens with zero attached hydrogens (tertiary/aromatic N) is 1. The summed E-state index contributed by atoms with van der Waals surface area (Å²) in [6.07, 6.45) is 4.52. The van der Waals surface area contributed by atoms with Crippen LogP contribution in [0.25, 0.3) is 22.0 Å². The second-order valence-electron chi connectivity index (χ2n) is 6.81. The molecule has 6 heteroatoms. The molecule has 154 valence electrons. The average molecular weight is 462 g/mol. The average Bonchev–Trinajstić information content (AvgIpc) is 2.74. The zero-order valence-electron chi connectivity index (χ0n) is 16.7. The Bertz CT molecular complexity index is 1030. The molecule has 0 saturated carbocycles. The molecule has 0 aliphatic carbocycles. The van der Waals surface area contributed by atoms with E-state index in [1.54, 1.807) is 25.3 Å². The largest absolute Gasteiger partial charge is 0.497 e. The molecule has 4 nitrogen and oxygen atoms in total. The molecule has 0 aliphatic heterocycles. The van der Waals surface area contributed by atoms with E-state index in [0.717, 1.165) is 30.2 Å². The number of halogens is 2. The smallest absolute Gasteiger partial charge is 0.200 e. The number of methoxy groups -OCH3 is 1. The molecular formula is C23H25BrFNO3. The van der Waals surface area contributed by atoms with Gasteiger partial charge in [-0.15, -0.1) is 0 Å². The number of hydrogen-bond acceptors (Lipinski definition) is 3. The number of aromatic nitrogens is 1. The second-order valence-corrected chi connectivity index (χ2v) is 7.60. The second kappa shape index (κ2) is 9.92. The van der Waals surface area contributed by atoms with Gasteiger partial charge < -0.3 is 14.0 Å². The highest BCUT2D eigenvalue weighted by Crippen LogP contribution is 2.30. The maximum absolute atomic E-state index is 14.8. The molecule has 0 N–H and O–H groups in total. The number of ether oxygens (including phenoxy) is 2. The minimum absolute atomic E-state index is 0.0748. The summed E-state index contributed by atoms with van der Waals surface area (Å²) in [5, 5.41) is 0.968. The molecule has 0 aliphatic rings. The molecule has 0 spiro atoms. The molecule has 0 bridgehead atoms. The molecule has 3 rings (SSSR count). The summed E-state index contributed by atoms with van der Waals surface area (Å²) in [5.74, 6) is 0.715. The summed E-state index contributed by atoms with van der Waals surface area (Å²) in [6.45, 7) is 3.19. The van der Waals surface area contributed by atoms with Gasteiger partial charge in [-0.1, -0.05) is 35.0 Å². The molecule has 0 unspecified atom stereocenters. The Morgan fingerprint density at radius 2 is 1.86 bits per heavy atom. The number of pyridine rings is 1. The van der Waals surface area contributed by atoms with Crippen LogP contribution in [-0.4, -0.2) is 23.6 Å². The van der Waals surface area contributed by atoms with Gasteiger partial charge in [0.15, 0.2) is 5.43 Å². The number of hydrogen-bond donors (Lipinski definition) is 0. The van der Waals surface area contributed by atoms with Gasteiger partial charge in [-0.05, 0) is 49.1 Å². The predicted molar refractivity (Wildman–Crippen MR) is 119 cm³/mol. The Morgan fingerprint density at radius 1 is 1.10 bits per heavy atom. The van der Waals surface area contributed by atoms with E-state index in [0.29, 0.717) is 35.7 Å². The van der Waals surface area contributed by atoms with Gasteiger partial charge in [-0.3, -0.25) is 4.79 Å². The van der Waals surface area contributed by atoms with E-state index in [1.165, 1.54) is 6.07 Å². The standard InChI is InChI=1S/C23H25BrFNO3/c1-3-14-29-20-11-10-19(25)21-22(20)26(13-5-4-12-24)15-18(23(21)27)16-6-8-17(28-2)9-7-16/h6-11,15H,3-5,12-14H2,1-2H3. The summed E-state index contributed by atoms with van der Waals surface area (Å²) < 4.78 is 27.8. The molecule has 29 heavy (non-hydrogen) atoms. The van der Waals surface area contributed by atoms with Gasteiger partial charge in [-0.2, -0.15) is 0 Å². The molecule has 0 radical (unpaired) electrons. The number of unbranched alkanes of at least 4 members (excludes halogenated alkanes) is 1. The summed E-state index contributed by atoms with van der Waals surface area (Å²) in [5.41, 5.74) is 1.38. The number of benzene rings is 2. The fourth-order valence-electron chi connectivity index (χ4n) is 3.32. The van der Waals surface area contributed by atoms with Crippen LogP contribution in [0.4, 0.5) is 4.39 Å². The van der Waals surface area contributed by atoms with Gasteiger partial charge in [0, 0.05) is 23.6 Å². The summed E-state index contributed by atoms with van der Waals surface area (Å²) >= 11 is 3.45. The SMILES string of the molecule is CCCOc1ccc(F)c2c(=O)c(-c3ccc(OC)cc3)cn(CCCCBr)c12. The quantitative estimate of drug-likeness (QED) is 0.299. The Hall–Kier alpha value is -2.34. The minimum Gasteiger partial charge on any atom is -0.497 e. The first-order chi connectivity index (χ1) is 14.1. The molecule has 1 aromatic heterocycles. The number of fused-ring (bicyclic) bond motifs is 1. The first kappa shape index (κ1) is 21.4. The van der Waals surface area contributed by atoms with Crippen molar-refractivity contribution in [3.63, 3.8) is 0 Å². The zero-order valence-corrected chi connectivity index (χ0v) is 18.3. The van der Waals surface area contributed by atoms with Gasteiger partial charge in [-0.25, -0.2) is 4.39 Å². The monoisotopic (exact) mass is 461 g/mol. The number of alkyl halides is 1. The predicted octanol–water partition coefficient (Wildman–Crippen LogP) is 5.78. The molecule has 1 heterocycles. The first-order valence-electron chi connectivity index (χ1n) is 9.79. The van der Waals surface area contributed by atoms with Crippen LogP contribution in [0.1, 0.15) is 26.2 Å². The number of rotatable bonds is 9. The lowest BCUT2D eigenvalue weighted by Crippen LogP contribution is -2.15. The van der Waals surface area contributed by atoms with Gasteiger partial charge in [0.25, 0.3) is 0 Å². The van der Waals surface area contributed by atoms with Crippen molar-refractivity contribution in [1.82, 2.24) is 4.57 Å². The van der Waals surface area contributed by atoms with E-state index in [4.69, 9.17) is 9.47 Å². The topological polar surface area (TPSA) is 40.5 Å². The summed E-state index contributed by atoms with van der Waals surface area (Å²) in [4.78, 5) is 13.3. The number of aryl methyl sites for hydroxylation is 1. The van der Waals surface area contributed by atoms with Crippen molar-refractivity contribution >= 4 is 26.8 Å². The highest BCUT2D eigenvalue weighted by Gasteiger charge is 2.18. The van der Waals surface area contributed by atoms with Gasteiger partial charge in [0.2, 0.25) is 0 Å². The molecule has 0 amide bonds. The molecule has 0 atom stereocenters. The van der Waals surface area contributed by atoms with Crippen LogP contribution in [0.15, 0.2) is 47.4 Å². The third-order valence-electron chi connectivity index (χ3n) is 4.78. The Kier molecular flexibility index (Phi) is 7.31. The van der Waals surface area contributed by atoms with Crippen molar-refractivity contribution in [3.05, 3.63) is 58.6 Å². The molecule has 0 fully saturated rings. The van der Waals surface area contributed by atoms with Crippen LogP contribution < -0.4 is 14.9 Å². The van der Waals surface area contributed by atoms with Crippen LogP contribution in [0.3, 0.4) is 0 Å².